The van der Waals surface area contributed by atoms with Crippen molar-refractivity contribution >= 4 is 5.97 Å². The third-order valence-corrected chi connectivity index (χ3v) is 3.30. The van der Waals surface area contributed by atoms with E-state index in [1.807, 2.05) is 6.92 Å². The summed E-state index contributed by atoms with van der Waals surface area (Å²) >= 11 is 0. The molecule has 3 atom stereocenters. The van der Waals surface area contributed by atoms with Gasteiger partial charge in [0.2, 0.25) is 0 Å². The van der Waals surface area contributed by atoms with E-state index < -0.39 is 0 Å². The molecule has 0 heterocycles. The first-order valence-corrected chi connectivity index (χ1v) is 5.97. The van der Waals surface area contributed by atoms with Gasteiger partial charge in [-0.05, 0) is 32.1 Å². The van der Waals surface area contributed by atoms with Gasteiger partial charge in [0.15, 0.2) is 0 Å². The summed E-state index contributed by atoms with van der Waals surface area (Å²) < 4.78 is 4.70. The normalized spacial score (nSPS) is 29.3. The van der Waals surface area contributed by atoms with Crippen LogP contribution in [0.2, 0.25) is 0 Å². The van der Waals surface area contributed by atoms with Crippen LogP contribution in [-0.4, -0.2) is 25.2 Å². The number of methoxy groups -OCH3 is 1. The third-order valence-electron chi connectivity index (χ3n) is 3.30. The standard InChI is InChI=1S/C12H23NO2/c1-9-5-4-6-11(8-7-9)13-10(2)12(14)15-3/h9-11,13H,4-8H2,1-3H3. The second-order valence-corrected chi connectivity index (χ2v) is 4.72. The highest BCUT2D eigenvalue weighted by molar-refractivity contribution is 5.75. The average Bonchev–Trinajstić information content (AvgIpc) is 2.42. The van der Waals surface area contributed by atoms with Crippen molar-refractivity contribution in [2.24, 2.45) is 5.92 Å². The fourth-order valence-corrected chi connectivity index (χ4v) is 2.25. The molecule has 0 amide bonds. The summed E-state index contributed by atoms with van der Waals surface area (Å²) in [5.74, 6) is 0.678. The van der Waals surface area contributed by atoms with E-state index in [9.17, 15) is 4.79 Å². The van der Waals surface area contributed by atoms with Crippen LogP contribution in [0.1, 0.15) is 46.0 Å². The van der Waals surface area contributed by atoms with E-state index in [0.717, 1.165) is 5.92 Å². The molecule has 1 N–H and O–H groups in total. The van der Waals surface area contributed by atoms with Gasteiger partial charge < -0.3 is 10.1 Å². The Labute approximate surface area is 92.6 Å². The molecule has 0 aliphatic heterocycles. The van der Waals surface area contributed by atoms with Crippen LogP contribution < -0.4 is 5.32 Å². The Bertz CT molecular complexity index is 206. The molecule has 0 aromatic carbocycles. The first-order chi connectivity index (χ1) is 7.13. The zero-order valence-corrected chi connectivity index (χ0v) is 10.1. The van der Waals surface area contributed by atoms with Crippen molar-refractivity contribution in [2.45, 2.75) is 58.0 Å². The number of esters is 1. The van der Waals surface area contributed by atoms with Crippen molar-refractivity contribution in [2.75, 3.05) is 7.11 Å². The van der Waals surface area contributed by atoms with Crippen molar-refractivity contribution in [3.05, 3.63) is 0 Å². The van der Waals surface area contributed by atoms with Crippen LogP contribution in [0.25, 0.3) is 0 Å². The molecule has 0 aromatic rings. The predicted molar refractivity (Wildman–Crippen MR) is 60.7 cm³/mol. The third kappa shape index (κ3) is 4.20. The van der Waals surface area contributed by atoms with Gasteiger partial charge in [0.1, 0.15) is 6.04 Å². The van der Waals surface area contributed by atoms with Crippen LogP contribution in [0.15, 0.2) is 0 Å². The van der Waals surface area contributed by atoms with Crippen molar-refractivity contribution in [3.8, 4) is 0 Å². The zero-order valence-electron chi connectivity index (χ0n) is 10.1. The van der Waals surface area contributed by atoms with Gasteiger partial charge in [-0.25, -0.2) is 0 Å². The molecular weight excluding hydrogens is 190 g/mol. The molecule has 3 unspecified atom stereocenters. The molecule has 1 aliphatic rings. The Morgan fingerprint density at radius 2 is 2.07 bits per heavy atom. The molecule has 1 rings (SSSR count). The minimum Gasteiger partial charge on any atom is -0.468 e. The van der Waals surface area contributed by atoms with Crippen LogP contribution in [0.3, 0.4) is 0 Å². The minimum absolute atomic E-state index is 0.160. The first-order valence-electron chi connectivity index (χ1n) is 5.97. The van der Waals surface area contributed by atoms with E-state index in [4.69, 9.17) is 4.74 Å². The number of carbonyl (C=O) groups is 1. The second kappa shape index (κ2) is 6.11. The van der Waals surface area contributed by atoms with Gasteiger partial charge in [0.25, 0.3) is 0 Å². The first kappa shape index (κ1) is 12.5. The molecule has 88 valence electrons. The molecule has 3 nitrogen and oxygen atoms in total. The number of carbonyl (C=O) groups excluding carboxylic acids is 1. The van der Waals surface area contributed by atoms with Crippen molar-refractivity contribution in [1.29, 1.82) is 0 Å². The zero-order chi connectivity index (χ0) is 11.3. The fourth-order valence-electron chi connectivity index (χ4n) is 2.25. The largest absolute Gasteiger partial charge is 0.468 e. The highest BCUT2D eigenvalue weighted by atomic mass is 16.5. The molecule has 1 fully saturated rings. The van der Waals surface area contributed by atoms with E-state index in [-0.39, 0.29) is 12.0 Å². The van der Waals surface area contributed by atoms with Crippen molar-refractivity contribution in [1.82, 2.24) is 5.32 Å². The molecule has 0 radical (unpaired) electrons. The molecule has 3 heteroatoms. The topological polar surface area (TPSA) is 38.3 Å². The maximum atomic E-state index is 11.3. The number of nitrogens with one attached hydrogen (secondary N) is 1. The molecule has 0 spiro atoms. The summed E-state index contributed by atoms with van der Waals surface area (Å²) in [7, 11) is 1.44. The Balaban J connectivity index is 2.34. The maximum absolute atomic E-state index is 11.3. The molecule has 1 saturated carbocycles. The summed E-state index contributed by atoms with van der Waals surface area (Å²) in [4.78, 5) is 11.3. The highest BCUT2D eigenvalue weighted by Crippen LogP contribution is 2.22. The average molecular weight is 213 g/mol. The monoisotopic (exact) mass is 213 g/mol. The quantitative estimate of drug-likeness (QED) is 0.576. The lowest BCUT2D eigenvalue weighted by Gasteiger charge is -2.20. The predicted octanol–water partition coefficient (Wildman–Crippen LogP) is 2.11. The summed E-state index contributed by atoms with van der Waals surface area (Å²) in [6, 6.07) is 0.317. The molecule has 0 saturated heterocycles. The van der Waals surface area contributed by atoms with E-state index in [1.165, 1.54) is 39.2 Å². The van der Waals surface area contributed by atoms with E-state index >= 15 is 0 Å². The number of ether oxygens (including phenoxy) is 1. The lowest BCUT2D eigenvalue weighted by Crippen LogP contribution is -2.41. The highest BCUT2D eigenvalue weighted by Gasteiger charge is 2.20. The van der Waals surface area contributed by atoms with Crippen molar-refractivity contribution in [3.63, 3.8) is 0 Å². The summed E-state index contributed by atoms with van der Waals surface area (Å²) in [5.41, 5.74) is 0. The smallest absolute Gasteiger partial charge is 0.322 e. The van der Waals surface area contributed by atoms with E-state index in [1.54, 1.807) is 0 Å². The van der Waals surface area contributed by atoms with Gasteiger partial charge in [-0.1, -0.05) is 19.8 Å². The SMILES string of the molecule is COC(=O)C(C)NC1CCCC(C)CC1. The van der Waals surface area contributed by atoms with Gasteiger partial charge in [-0.3, -0.25) is 4.79 Å². The van der Waals surface area contributed by atoms with Gasteiger partial charge in [-0.15, -0.1) is 0 Å². The van der Waals surface area contributed by atoms with Crippen LogP contribution in [0.4, 0.5) is 0 Å². The maximum Gasteiger partial charge on any atom is 0.322 e. The number of hydrogen-bond donors (Lipinski definition) is 1. The van der Waals surface area contributed by atoms with Crippen LogP contribution in [0.5, 0.6) is 0 Å². The Hall–Kier alpha value is -0.570. The Morgan fingerprint density at radius 1 is 1.33 bits per heavy atom. The van der Waals surface area contributed by atoms with Gasteiger partial charge in [0.05, 0.1) is 7.11 Å². The fraction of sp³-hybridized carbons (Fsp3) is 0.917. The number of hydrogen-bond acceptors (Lipinski definition) is 3. The van der Waals surface area contributed by atoms with Crippen LogP contribution in [0, 0.1) is 5.92 Å². The summed E-state index contributed by atoms with van der Waals surface area (Å²) in [5, 5.41) is 3.36. The van der Waals surface area contributed by atoms with Crippen LogP contribution in [-0.2, 0) is 9.53 Å². The second-order valence-electron chi connectivity index (χ2n) is 4.72. The summed E-state index contributed by atoms with van der Waals surface area (Å²) in [6.45, 7) is 4.19. The lowest BCUT2D eigenvalue weighted by molar-refractivity contribution is -0.142. The van der Waals surface area contributed by atoms with Crippen LogP contribution >= 0.6 is 0 Å². The van der Waals surface area contributed by atoms with E-state index in [2.05, 4.69) is 12.2 Å². The van der Waals surface area contributed by atoms with Gasteiger partial charge in [-0.2, -0.15) is 0 Å². The molecule has 1 aliphatic carbocycles. The van der Waals surface area contributed by atoms with E-state index in [0.29, 0.717) is 6.04 Å². The van der Waals surface area contributed by atoms with Crippen molar-refractivity contribution < 1.29 is 9.53 Å². The number of rotatable bonds is 3. The Kier molecular flexibility index (Phi) is 5.09. The Morgan fingerprint density at radius 3 is 2.73 bits per heavy atom. The lowest BCUT2D eigenvalue weighted by atomic mass is 10.0. The molecule has 0 aromatic heterocycles. The minimum atomic E-state index is -0.173. The molecular formula is C12H23NO2. The van der Waals surface area contributed by atoms with Gasteiger partial charge in [0, 0.05) is 6.04 Å². The molecule has 0 bridgehead atoms. The van der Waals surface area contributed by atoms with Gasteiger partial charge >= 0.3 is 5.97 Å². The molecule has 15 heavy (non-hydrogen) atoms. The summed E-state index contributed by atoms with van der Waals surface area (Å²) in [6.07, 6.45) is 6.23.